The van der Waals surface area contributed by atoms with Crippen LogP contribution in [0, 0.1) is 0 Å². The maximum Gasteiger partial charge on any atom is 0.319 e. The molecule has 1 aromatic rings. The normalized spacial score (nSPS) is 31.8. The van der Waals surface area contributed by atoms with Gasteiger partial charge in [0.2, 0.25) is 0 Å². The van der Waals surface area contributed by atoms with Gasteiger partial charge in [-0.1, -0.05) is 12.1 Å². The average Bonchev–Trinajstić information content (AvgIpc) is 3.20. The van der Waals surface area contributed by atoms with E-state index < -0.39 is 17.5 Å². The van der Waals surface area contributed by atoms with Crippen molar-refractivity contribution in [3.63, 3.8) is 0 Å². The monoisotopic (exact) mass is 262 g/mol. The van der Waals surface area contributed by atoms with Crippen molar-refractivity contribution in [2.24, 2.45) is 0 Å². The summed E-state index contributed by atoms with van der Waals surface area (Å²) < 4.78 is 15.3. The first-order valence-corrected chi connectivity index (χ1v) is 6.04. The summed E-state index contributed by atoms with van der Waals surface area (Å²) in [5, 5.41) is 0. The molecule has 1 saturated heterocycles. The Bertz CT molecular complexity index is 535. The highest BCUT2D eigenvalue weighted by Crippen LogP contribution is 2.52. The minimum Gasteiger partial charge on any atom is -0.497 e. The summed E-state index contributed by atoms with van der Waals surface area (Å²) in [5.74, 6) is 0.239. The van der Waals surface area contributed by atoms with E-state index in [2.05, 4.69) is 0 Å². The summed E-state index contributed by atoms with van der Waals surface area (Å²) >= 11 is 0. The number of hydrogen-bond donors (Lipinski definition) is 0. The van der Waals surface area contributed by atoms with Crippen molar-refractivity contribution in [3.05, 3.63) is 29.8 Å². The van der Waals surface area contributed by atoms with Gasteiger partial charge in [-0.2, -0.15) is 0 Å². The van der Waals surface area contributed by atoms with Gasteiger partial charge in [-0.15, -0.1) is 0 Å². The van der Waals surface area contributed by atoms with E-state index in [9.17, 15) is 9.59 Å². The highest BCUT2D eigenvalue weighted by Gasteiger charge is 2.69. The molecule has 5 nitrogen and oxygen atoms in total. The quantitative estimate of drug-likeness (QED) is 0.596. The number of ketones is 1. The van der Waals surface area contributed by atoms with Gasteiger partial charge in [-0.25, -0.2) is 0 Å². The maximum atomic E-state index is 12.2. The van der Waals surface area contributed by atoms with Gasteiger partial charge in [-0.05, 0) is 17.7 Å². The van der Waals surface area contributed by atoms with Crippen LogP contribution >= 0.6 is 0 Å². The second-order valence-corrected chi connectivity index (χ2v) is 4.81. The van der Waals surface area contributed by atoms with Gasteiger partial charge < -0.3 is 14.2 Å². The topological polar surface area (TPSA) is 65.1 Å². The van der Waals surface area contributed by atoms with Crippen LogP contribution in [0.2, 0.25) is 0 Å². The van der Waals surface area contributed by atoms with Crippen LogP contribution in [0.4, 0.5) is 0 Å². The standard InChI is InChI=1S/C14H14O5/c1-17-9-5-3-8(4-6-9)14(13(16)18-2)7-10(15)11-12(14)19-11/h3-6,11-12H,7H2,1-2H3/t11-,12-,14-/m1/s1. The largest absolute Gasteiger partial charge is 0.497 e. The highest BCUT2D eigenvalue weighted by atomic mass is 16.6. The van der Waals surface area contributed by atoms with Gasteiger partial charge in [0, 0.05) is 6.42 Å². The summed E-state index contributed by atoms with van der Waals surface area (Å²) in [4.78, 5) is 24.0. The van der Waals surface area contributed by atoms with E-state index in [0.717, 1.165) is 5.56 Å². The Morgan fingerprint density at radius 2 is 2.00 bits per heavy atom. The van der Waals surface area contributed by atoms with E-state index in [-0.39, 0.29) is 18.3 Å². The zero-order chi connectivity index (χ0) is 13.6. The number of methoxy groups -OCH3 is 2. The molecule has 0 bridgehead atoms. The van der Waals surface area contributed by atoms with Gasteiger partial charge in [0.25, 0.3) is 0 Å². The van der Waals surface area contributed by atoms with Crippen LogP contribution in [0.15, 0.2) is 24.3 Å². The van der Waals surface area contributed by atoms with Crippen molar-refractivity contribution in [2.45, 2.75) is 24.0 Å². The average molecular weight is 262 g/mol. The van der Waals surface area contributed by atoms with E-state index in [1.807, 2.05) is 0 Å². The molecule has 0 aromatic heterocycles. The van der Waals surface area contributed by atoms with E-state index in [1.54, 1.807) is 31.4 Å². The predicted molar refractivity (Wildman–Crippen MR) is 65.0 cm³/mol. The number of ether oxygens (including phenoxy) is 3. The number of benzene rings is 1. The summed E-state index contributed by atoms with van der Waals surface area (Å²) in [6.45, 7) is 0. The number of epoxide rings is 1. The Kier molecular flexibility index (Phi) is 2.60. The lowest BCUT2D eigenvalue weighted by Crippen LogP contribution is -2.40. The molecule has 100 valence electrons. The Hall–Kier alpha value is -1.88. The molecule has 0 unspecified atom stereocenters. The SMILES string of the molecule is COC(=O)[C@@]1(c2ccc(OC)cc2)CC(=O)[C@H]2O[C@H]21. The van der Waals surface area contributed by atoms with Crippen LogP contribution in [0.25, 0.3) is 0 Å². The lowest BCUT2D eigenvalue weighted by molar-refractivity contribution is -0.150. The van der Waals surface area contributed by atoms with Gasteiger partial charge >= 0.3 is 5.97 Å². The summed E-state index contributed by atoms with van der Waals surface area (Å²) in [6.07, 6.45) is -0.691. The molecule has 0 amide bonds. The third-order valence-electron chi connectivity index (χ3n) is 3.90. The van der Waals surface area contributed by atoms with Crippen LogP contribution in [-0.2, 0) is 24.5 Å². The minimum atomic E-state index is -0.997. The van der Waals surface area contributed by atoms with Crippen molar-refractivity contribution >= 4 is 11.8 Å². The van der Waals surface area contributed by atoms with Crippen LogP contribution in [0.5, 0.6) is 5.75 Å². The molecule has 0 radical (unpaired) electrons. The second-order valence-electron chi connectivity index (χ2n) is 4.81. The third kappa shape index (κ3) is 1.58. The predicted octanol–water partition coefficient (Wildman–Crippen LogP) is 0.846. The highest BCUT2D eigenvalue weighted by molar-refractivity contribution is 6.01. The molecule has 3 atom stereocenters. The Balaban J connectivity index is 2.05. The van der Waals surface area contributed by atoms with Gasteiger partial charge in [0.05, 0.1) is 14.2 Å². The molecule has 0 N–H and O–H groups in total. The zero-order valence-electron chi connectivity index (χ0n) is 10.7. The fourth-order valence-corrected chi connectivity index (χ4v) is 2.85. The van der Waals surface area contributed by atoms with Crippen molar-refractivity contribution in [2.75, 3.05) is 14.2 Å². The van der Waals surface area contributed by atoms with Crippen LogP contribution in [0.3, 0.4) is 0 Å². The summed E-state index contributed by atoms with van der Waals surface area (Å²) in [6, 6.07) is 7.10. The fourth-order valence-electron chi connectivity index (χ4n) is 2.85. The molecule has 5 heteroatoms. The smallest absolute Gasteiger partial charge is 0.319 e. The lowest BCUT2D eigenvalue weighted by Gasteiger charge is -2.26. The third-order valence-corrected chi connectivity index (χ3v) is 3.90. The van der Waals surface area contributed by atoms with E-state index >= 15 is 0 Å². The molecule has 1 heterocycles. The number of rotatable bonds is 3. The number of carbonyl (C=O) groups excluding carboxylic acids is 2. The van der Waals surface area contributed by atoms with Crippen molar-refractivity contribution < 1.29 is 23.8 Å². The van der Waals surface area contributed by atoms with Gasteiger partial charge in [0.15, 0.2) is 5.78 Å². The number of esters is 1. The van der Waals surface area contributed by atoms with E-state index in [0.29, 0.717) is 5.75 Å². The number of carbonyl (C=O) groups is 2. The Morgan fingerprint density at radius 1 is 1.32 bits per heavy atom. The van der Waals surface area contributed by atoms with E-state index in [1.165, 1.54) is 7.11 Å². The van der Waals surface area contributed by atoms with Gasteiger partial charge in [-0.3, -0.25) is 9.59 Å². The summed E-state index contributed by atoms with van der Waals surface area (Å²) in [5.41, 5.74) is -0.263. The number of hydrogen-bond acceptors (Lipinski definition) is 5. The first kappa shape index (κ1) is 12.2. The molecule has 1 aliphatic heterocycles. The van der Waals surface area contributed by atoms with Crippen molar-refractivity contribution in [1.29, 1.82) is 0 Å². The first-order valence-electron chi connectivity index (χ1n) is 6.04. The molecule has 1 saturated carbocycles. The van der Waals surface area contributed by atoms with E-state index in [4.69, 9.17) is 14.2 Å². The molecule has 2 aliphatic rings. The fraction of sp³-hybridized carbons (Fsp3) is 0.429. The number of fused-ring (bicyclic) bond motifs is 1. The zero-order valence-corrected chi connectivity index (χ0v) is 10.7. The molecule has 1 aliphatic carbocycles. The molecule has 19 heavy (non-hydrogen) atoms. The first-order chi connectivity index (χ1) is 9.13. The molecule has 2 fully saturated rings. The summed E-state index contributed by atoms with van der Waals surface area (Å²) in [7, 11) is 2.90. The molecular formula is C14H14O5. The molecule has 0 spiro atoms. The molecule has 1 aromatic carbocycles. The lowest BCUT2D eigenvalue weighted by atomic mass is 9.78. The van der Waals surface area contributed by atoms with Crippen LogP contribution in [0.1, 0.15) is 12.0 Å². The minimum absolute atomic E-state index is 0.0359. The van der Waals surface area contributed by atoms with Crippen LogP contribution < -0.4 is 4.74 Å². The van der Waals surface area contributed by atoms with Gasteiger partial charge in [0.1, 0.15) is 23.4 Å². The molecular weight excluding hydrogens is 248 g/mol. The Morgan fingerprint density at radius 3 is 2.42 bits per heavy atom. The molecule has 3 rings (SSSR count). The van der Waals surface area contributed by atoms with Crippen LogP contribution in [-0.4, -0.2) is 38.2 Å². The Labute approximate surface area is 110 Å². The second kappa shape index (κ2) is 4.06. The number of Topliss-reactive ketones (excluding diaryl/α,β-unsaturated/α-hetero) is 1. The van der Waals surface area contributed by atoms with Crippen molar-refractivity contribution in [1.82, 2.24) is 0 Å². The maximum absolute atomic E-state index is 12.2. The van der Waals surface area contributed by atoms with Crippen molar-refractivity contribution in [3.8, 4) is 5.75 Å².